The second-order valence-corrected chi connectivity index (χ2v) is 7.11. The molecule has 0 radical (unpaired) electrons. The van der Waals surface area contributed by atoms with Crippen LogP contribution in [0.25, 0.3) is 0 Å². The van der Waals surface area contributed by atoms with E-state index in [2.05, 4.69) is 5.32 Å². The van der Waals surface area contributed by atoms with Gasteiger partial charge in [0, 0.05) is 7.05 Å². The van der Waals surface area contributed by atoms with Crippen molar-refractivity contribution in [2.75, 3.05) is 7.05 Å². The van der Waals surface area contributed by atoms with Gasteiger partial charge in [-0.15, -0.1) is 0 Å². The summed E-state index contributed by atoms with van der Waals surface area (Å²) in [6.07, 6.45) is -1.32. The molecule has 8 nitrogen and oxygen atoms in total. The maximum absolute atomic E-state index is 12.3. The number of alkyl carbamates (subject to hydrolysis) is 1. The van der Waals surface area contributed by atoms with Gasteiger partial charge in [-0.05, 0) is 33.3 Å². The summed E-state index contributed by atoms with van der Waals surface area (Å²) >= 11 is 0. The highest BCUT2D eigenvalue weighted by molar-refractivity contribution is 5.93. The number of hydrogen-bond acceptors (Lipinski definition) is 5. The molecule has 0 bridgehead atoms. The van der Waals surface area contributed by atoms with Gasteiger partial charge >= 0.3 is 12.2 Å². The lowest BCUT2D eigenvalue weighted by atomic mass is 9.99. The van der Waals surface area contributed by atoms with Gasteiger partial charge in [0.15, 0.2) is 0 Å². The van der Waals surface area contributed by atoms with Crippen molar-refractivity contribution in [2.45, 2.75) is 52.0 Å². The standard InChI is InChI=1S/C18H25N3O5/c1-12-14(19-16(23)26-18(2,3)4)15(22)21(12)20(5)17(24)25-11-13-9-7-6-8-10-13/h6-10,12,14H,11H2,1-5H3,(H,19,23)/t12-,14+/m1/s1. The normalized spacial score (nSPS) is 19.4. The van der Waals surface area contributed by atoms with Crippen LogP contribution in [0.4, 0.5) is 9.59 Å². The summed E-state index contributed by atoms with van der Waals surface area (Å²) in [4.78, 5) is 36.3. The topological polar surface area (TPSA) is 88.2 Å². The zero-order chi connectivity index (χ0) is 19.5. The van der Waals surface area contributed by atoms with Crippen LogP contribution in [0.15, 0.2) is 30.3 Å². The molecule has 1 heterocycles. The molecule has 1 fully saturated rings. The van der Waals surface area contributed by atoms with Crippen molar-refractivity contribution < 1.29 is 23.9 Å². The number of amides is 3. The first-order valence-electron chi connectivity index (χ1n) is 8.37. The van der Waals surface area contributed by atoms with Gasteiger partial charge in [-0.25, -0.2) is 19.6 Å². The number of hydrogen-bond donors (Lipinski definition) is 1. The molecule has 142 valence electrons. The van der Waals surface area contributed by atoms with Crippen molar-refractivity contribution in [1.82, 2.24) is 15.3 Å². The van der Waals surface area contributed by atoms with Gasteiger partial charge in [-0.1, -0.05) is 30.3 Å². The van der Waals surface area contributed by atoms with E-state index in [1.807, 2.05) is 30.3 Å². The quantitative estimate of drug-likeness (QED) is 0.829. The summed E-state index contributed by atoms with van der Waals surface area (Å²) in [5.74, 6) is -0.400. The Morgan fingerprint density at radius 2 is 1.85 bits per heavy atom. The average Bonchev–Trinajstić information content (AvgIpc) is 2.57. The van der Waals surface area contributed by atoms with Crippen LogP contribution >= 0.6 is 0 Å². The van der Waals surface area contributed by atoms with Crippen molar-refractivity contribution >= 4 is 18.1 Å². The van der Waals surface area contributed by atoms with Crippen LogP contribution in [0.5, 0.6) is 0 Å². The molecule has 1 aliphatic rings. The Morgan fingerprint density at radius 1 is 1.23 bits per heavy atom. The fourth-order valence-electron chi connectivity index (χ4n) is 2.55. The van der Waals surface area contributed by atoms with Crippen LogP contribution in [-0.4, -0.2) is 52.8 Å². The molecule has 8 heteroatoms. The summed E-state index contributed by atoms with van der Waals surface area (Å²) in [7, 11) is 1.45. The molecule has 2 rings (SSSR count). The van der Waals surface area contributed by atoms with Crippen LogP contribution < -0.4 is 5.32 Å². The van der Waals surface area contributed by atoms with E-state index in [4.69, 9.17) is 9.47 Å². The molecule has 0 aliphatic carbocycles. The molecule has 0 spiro atoms. The Hall–Kier alpha value is -2.77. The van der Waals surface area contributed by atoms with Crippen molar-refractivity contribution in [3.05, 3.63) is 35.9 Å². The Morgan fingerprint density at radius 3 is 2.38 bits per heavy atom. The SMILES string of the molecule is C[C@@H]1[C@H](NC(=O)OC(C)(C)C)C(=O)N1N(C)C(=O)OCc1ccccc1. The van der Waals surface area contributed by atoms with Gasteiger partial charge in [0.1, 0.15) is 18.2 Å². The lowest BCUT2D eigenvalue weighted by Crippen LogP contribution is -2.74. The summed E-state index contributed by atoms with van der Waals surface area (Å²) in [6.45, 7) is 7.05. The van der Waals surface area contributed by atoms with Crippen LogP contribution in [0.2, 0.25) is 0 Å². The smallest absolute Gasteiger partial charge is 0.428 e. The number of ether oxygens (including phenoxy) is 2. The minimum Gasteiger partial charge on any atom is -0.444 e. The molecule has 3 amide bonds. The molecular formula is C18H25N3O5. The zero-order valence-electron chi connectivity index (χ0n) is 15.7. The third kappa shape index (κ3) is 4.65. The van der Waals surface area contributed by atoms with Crippen molar-refractivity contribution in [2.24, 2.45) is 0 Å². The highest BCUT2D eigenvalue weighted by Gasteiger charge is 2.49. The van der Waals surface area contributed by atoms with E-state index >= 15 is 0 Å². The lowest BCUT2D eigenvalue weighted by Gasteiger charge is -2.48. The third-order valence-corrected chi connectivity index (χ3v) is 3.82. The summed E-state index contributed by atoms with van der Waals surface area (Å²) in [5, 5.41) is 4.88. The van der Waals surface area contributed by atoms with E-state index in [1.54, 1.807) is 27.7 Å². The Balaban J connectivity index is 1.86. The molecule has 1 aliphatic heterocycles. The maximum Gasteiger partial charge on any atom is 0.428 e. The zero-order valence-corrected chi connectivity index (χ0v) is 15.7. The van der Waals surface area contributed by atoms with E-state index < -0.39 is 35.8 Å². The number of carbonyl (C=O) groups excluding carboxylic acids is 3. The summed E-state index contributed by atoms with van der Waals surface area (Å²) in [5.41, 5.74) is 0.194. The molecule has 1 aromatic rings. The Kier molecular flexibility index (Phi) is 5.74. The molecule has 1 aromatic carbocycles. The van der Waals surface area contributed by atoms with Crippen molar-refractivity contribution in [3.8, 4) is 0 Å². The number of carbonyl (C=O) groups is 3. The average molecular weight is 363 g/mol. The molecular weight excluding hydrogens is 338 g/mol. The minimum absolute atomic E-state index is 0.111. The first kappa shape index (κ1) is 19.6. The van der Waals surface area contributed by atoms with Gasteiger partial charge in [-0.3, -0.25) is 4.79 Å². The molecule has 2 atom stereocenters. The van der Waals surface area contributed by atoms with Crippen LogP contribution in [0.3, 0.4) is 0 Å². The van der Waals surface area contributed by atoms with Gasteiger partial charge in [0.25, 0.3) is 5.91 Å². The van der Waals surface area contributed by atoms with E-state index in [-0.39, 0.29) is 6.61 Å². The monoisotopic (exact) mass is 363 g/mol. The molecule has 0 aromatic heterocycles. The first-order chi connectivity index (χ1) is 12.1. The Labute approximate surface area is 153 Å². The first-order valence-corrected chi connectivity index (χ1v) is 8.37. The predicted octanol–water partition coefficient (Wildman–Crippen LogP) is 2.29. The van der Waals surface area contributed by atoms with Gasteiger partial charge in [0.2, 0.25) is 0 Å². The summed E-state index contributed by atoms with van der Waals surface area (Å²) in [6, 6.07) is 8.10. The van der Waals surface area contributed by atoms with Crippen LogP contribution in [0, 0.1) is 0 Å². The second kappa shape index (κ2) is 7.63. The third-order valence-electron chi connectivity index (χ3n) is 3.82. The fourth-order valence-corrected chi connectivity index (χ4v) is 2.55. The summed E-state index contributed by atoms with van der Waals surface area (Å²) < 4.78 is 10.4. The van der Waals surface area contributed by atoms with Gasteiger partial charge < -0.3 is 14.8 Å². The molecule has 0 unspecified atom stereocenters. The number of nitrogens with one attached hydrogen (secondary N) is 1. The largest absolute Gasteiger partial charge is 0.444 e. The van der Waals surface area contributed by atoms with Crippen LogP contribution in [-0.2, 0) is 20.9 Å². The van der Waals surface area contributed by atoms with Crippen molar-refractivity contribution in [1.29, 1.82) is 0 Å². The molecule has 0 saturated carbocycles. The van der Waals surface area contributed by atoms with Gasteiger partial charge in [0.05, 0.1) is 6.04 Å². The predicted molar refractivity (Wildman–Crippen MR) is 93.9 cm³/mol. The Bertz CT molecular complexity index is 671. The van der Waals surface area contributed by atoms with E-state index in [0.29, 0.717) is 0 Å². The second-order valence-electron chi connectivity index (χ2n) is 7.11. The number of benzene rings is 1. The number of nitrogens with zero attached hydrogens (tertiary/aromatic N) is 2. The highest BCUT2D eigenvalue weighted by atomic mass is 16.6. The number of hydrazine groups is 1. The van der Waals surface area contributed by atoms with E-state index in [1.165, 1.54) is 12.1 Å². The molecule has 1 N–H and O–H groups in total. The van der Waals surface area contributed by atoms with Gasteiger partial charge in [-0.2, -0.15) is 0 Å². The molecule has 1 saturated heterocycles. The maximum atomic E-state index is 12.3. The highest BCUT2D eigenvalue weighted by Crippen LogP contribution is 2.22. The van der Waals surface area contributed by atoms with Crippen molar-refractivity contribution in [3.63, 3.8) is 0 Å². The minimum atomic E-state index is -0.741. The van der Waals surface area contributed by atoms with E-state index in [9.17, 15) is 14.4 Å². The van der Waals surface area contributed by atoms with E-state index in [0.717, 1.165) is 10.6 Å². The fraction of sp³-hybridized carbons (Fsp3) is 0.500. The molecule has 26 heavy (non-hydrogen) atoms. The number of β-lactam (4-membered cyclic amide) rings is 1. The number of rotatable bonds is 4. The van der Waals surface area contributed by atoms with Crippen LogP contribution in [0.1, 0.15) is 33.3 Å². The lowest BCUT2D eigenvalue weighted by molar-refractivity contribution is -0.173.